The lowest BCUT2D eigenvalue weighted by Crippen LogP contribution is -2.07. The number of ether oxygens (including phenoxy) is 2. The zero-order valence-corrected chi connectivity index (χ0v) is 19.3. The molecule has 3 aromatic rings. The summed E-state index contributed by atoms with van der Waals surface area (Å²) in [4.78, 5) is 12.2. The molecule has 3 rings (SSSR count). The van der Waals surface area contributed by atoms with Gasteiger partial charge in [0.05, 0.1) is 7.11 Å². The van der Waals surface area contributed by atoms with Gasteiger partial charge in [0.2, 0.25) is 5.91 Å². The molecule has 0 atom stereocenters. The summed E-state index contributed by atoms with van der Waals surface area (Å²) in [5, 5.41) is 4.63. The van der Waals surface area contributed by atoms with E-state index in [1.165, 1.54) is 13.2 Å². The molecule has 1 amide bonds. The summed E-state index contributed by atoms with van der Waals surface area (Å²) >= 11 is 24.3. The van der Waals surface area contributed by atoms with Gasteiger partial charge < -0.3 is 14.8 Å². The van der Waals surface area contributed by atoms with E-state index in [9.17, 15) is 4.79 Å². The fraction of sp³-hybridized carbons (Fsp3) is 0.0870. The normalized spacial score (nSPS) is 10.9. The van der Waals surface area contributed by atoms with Gasteiger partial charge in [0.1, 0.15) is 6.61 Å². The molecule has 3 aromatic carbocycles. The minimum atomic E-state index is -0.328. The Hall–Kier alpha value is -2.37. The molecule has 0 aromatic heterocycles. The Morgan fingerprint density at radius 2 is 1.61 bits per heavy atom. The van der Waals surface area contributed by atoms with Crippen LogP contribution in [0.2, 0.25) is 20.1 Å². The maximum atomic E-state index is 12.2. The van der Waals surface area contributed by atoms with E-state index in [4.69, 9.17) is 55.9 Å². The number of amides is 1. The van der Waals surface area contributed by atoms with Crippen molar-refractivity contribution in [2.24, 2.45) is 0 Å². The summed E-state index contributed by atoms with van der Waals surface area (Å²) in [6.45, 7) is 0.189. The molecule has 4 nitrogen and oxygen atoms in total. The van der Waals surface area contributed by atoms with Crippen LogP contribution in [0.4, 0.5) is 5.69 Å². The summed E-state index contributed by atoms with van der Waals surface area (Å²) < 4.78 is 11.2. The lowest BCUT2D eigenvalue weighted by Gasteiger charge is -2.13. The Labute approximate surface area is 200 Å². The second-order valence-electron chi connectivity index (χ2n) is 6.38. The fourth-order valence-electron chi connectivity index (χ4n) is 2.71. The lowest BCUT2D eigenvalue weighted by atomic mass is 10.2. The molecular formula is C23H17Cl4NO3. The molecule has 0 aliphatic rings. The highest BCUT2D eigenvalue weighted by Crippen LogP contribution is 2.31. The Morgan fingerprint density at radius 3 is 2.26 bits per heavy atom. The number of halogens is 4. The molecule has 0 saturated heterocycles. The predicted octanol–water partition coefficient (Wildman–Crippen LogP) is 7.54. The van der Waals surface area contributed by atoms with Gasteiger partial charge in [-0.05, 0) is 54.1 Å². The van der Waals surface area contributed by atoms with Crippen LogP contribution in [0.5, 0.6) is 11.5 Å². The number of benzene rings is 3. The first-order valence-corrected chi connectivity index (χ1v) is 10.6. The second kappa shape index (κ2) is 10.8. The quantitative estimate of drug-likeness (QED) is 0.343. The first-order valence-electron chi connectivity index (χ1n) is 9.04. The minimum Gasteiger partial charge on any atom is -0.493 e. The van der Waals surface area contributed by atoms with E-state index in [2.05, 4.69) is 5.32 Å². The SMILES string of the molecule is COc1cc(/C=C/C(=O)Nc2cc(Cl)cc(Cl)c2)ccc1OCc1c(Cl)cccc1Cl. The highest BCUT2D eigenvalue weighted by Gasteiger charge is 2.10. The van der Waals surface area contributed by atoms with E-state index in [0.29, 0.717) is 42.8 Å². The molecule has 160 valence electrons. The lowest BCUT2D eigenvalue weighted by molar-refractivity contribution is -0.111. The number of hydrogen-bond acceptors (Lipinski definition) is 3. The van der Waals surface area contributed by atoms with Crippen LogP contribution in [0.3, 0.4) is 0 Å². The molecule has 0 radical (unpaired) electrons. The number of carbonyl (C=O) groups is 1. The highest BCUT2D eigenvalue weighted by molar-refractivity contribution is 6.36. The molecule has 8 heteroatoms. The highest BCUT2D eigenvalue weighted by atomic mass is 35.5. The number of hydrogen-bond donors (Lipinski definition) is 1. The van der Waals surface area contributed by atoms with E-state index in [-0.39, 0.29) is 12.5 Å². The number of nitrogens with one attached hydrogen (secondary N) is 1. The van der Waals surface area contributed by atoms with Gasteiger partial charge in [-0.3, -0.25) is 4.79 Å². The molecule has 0 aliphatic carbocycles. The van der Waals surface area contributed by atoms with Crippen molar-refractivity contribution in [2.45, 2.75) is 6.61 Å². The van der Waals surface area contributed by atoms with E-state index in [1.807, 2.05) is 0 Å². The van der Waals surface area contributed by atoms with Gasteiger partial charge >= 0.3 is 0 Å². The number of methoxy groups -OCH3 is 1. The molecule has 0 aliphatic heterocycles. The van der Waals surface area contributed by atoms with Gasteiger partial charge in [0.15, 0.2) is 11.5 Å². The topological polar surface area (TPSA) is 47.6 Å². The average molecular weight is 497 g/mol. The van der Waals surface area contributed by atoms with E-state index in [1.54, 1.807) is 60.7 Å². The third-order valence-corrected chi connectivity index (χ3v) is 5.32. The standard InChI is InChI=1S/C23H17Cl4NO3/c1-30-22-9-14(6-8-23(29)28-17-11-15(24)10-16(25)12-17)5-7-21(22)31-13-18-19(26)3-2-4-20(18)27/h2-12H,13H2,1H3,(H,28,29)/b8-6+. The number of rotatable bonds is 7. The smallest absolute Gasteiger partial charge is 0.248 e. The Kier molecular flexibility index (Phi) is 8.10. The van der Waals surface area contributed by atoms with Crippen molar-refractivity contribution >= 4 is 64.1 Å². The summed E-state index contributed by atoms with van der Waals surface area (Å²) in [5.41, 5.74) is 1.95. The summed E-state index contributed by atoms with van der Waals surface area (Å²) in [7, 11) is 1.54. The van der Waals surface area contributed by atoms with Crippen LogP contribution < -0.4 is 14.8 Å². The minimum absolute atomic E-state index is 0.189. The van der Waals surface area contributed by atoms with Gasteiger partial charge in [-0.1, -0.05) is 58.5 Å². The first-order chi connectivity index (χ1) is 14.9. The zero-order chi connectivity index (χ0) is 22.4. The molecular weight excluding hydrogens is 480 g/mol. The van der Waals surface area contributed by atoms with Gasteiger partial charge in [-0.15, -0.1) is 0 Å². The van der Waals surface area contributed by atoms with Gasteiger partial charge in [-0.2, -0.15) is 0 Å². The summed E-state index contributed by atoms with van der Waals surface area (Å²) in [5.74, 6) is 0.701. The number of anilines is 1. The van der Waals surface area contributed by atoms with Gasteiger partial charge in [0, 0.05) is 37.4 Å². The van der Waals surface area contributed by atoms with Crippen molar-refractivity contribution in [2.75, 3.05) is 12.4 Å². The Balaban J connectivity index is 1.68. The van der Waals surface area contributed by atoms with Gasteiger partial charge in [-0.25, -0.2) is 0 Å². The van der Waals surface area contributed by atoms with E-state index < -0.39 is 0 Å². The Morgan fingerprint density at radius 1 is 0.935 bits per heavy atom. The molecule has 0 bridgehead atoms. The molecule has 0 saturated carbocycles. The Bertz CT molecular complexity index is 1090. The first kappa shape index (κ1) is 23.3. The second-order valence-corrected chi connectivity index (χ2v) is 8.07. The van der Waals surface area contributed by atoms with Crippen molar-refractivity contribution in [3.05, 3.63) is 91.9 Å². The summed E-state index contributed by atoms with van der Waals surface area (Å²) in [6, 6.07) is 15.4. The van der Waals surface area contributed by atoms with Crippen LogP contribution >= 0.6 is 46.4 Å². The molecule has 0 fully saturated rings. The average Bonchev–Trinajstić information content (AvgIpc) is 2.71. The largest absolute Gasteiger partial charge is 0.493 e. The van der Waals surface area contributed by atoms with Crippen LogP contribution in [-0.2, 0) is 11.4 Å². The van der Waals surface area contributed by atoms with Crippen LogP contribution in [0.15, 0.2) is 60.7 Å². The third kappa shape index (κ3) is 6.55. The van der Waals surface area contributed by atoms with E-state index in [0.717, 1.165) is 5.56 Å². The van der Waals surface area contributed by atoms with Crippen molar-refractivity contribution in [3.63, 3.8) is 0 Å². The molecule has 0 heterocycles. The maximum Gasteiger partial charge on any atom is 0.248 e. The van der Waals surface area contributed by atoms with Crippen LogP contribution in [0.1, 0.15) is 11.1 Å². The monoisotopic (exact) mass is 495 g/mol. The van der Waals surface area contributed by atoms with Gasteiger partial charge in [0.25, 0.3) is 0 Å². The molecule has 1 N–H and O–H groups in total. The molecule has 0 unspecified atom stereocenters. The van der Waals surface area contributed by atoms with Crippen molar-refractivity contribution in [1.29, 1.82) is 0 Å². The van der Waals surface area contributed by atoms with Crippen LogP contribution in [-0.4, -0.2) is 13.0 Å². The summed E-state index contributed by atoms with van der Waals surface area (Å²) in [6.07, 6.45) is 3.05. The van der Waals surface area contributed by atoms with Crippen LogP contribution in [0.25, 0.3) is 6.08 Å². The molecule has 31 heavy (non-hydrogen) atoms. The van der Waals surface area contributed by atoms with Crippen molar-refractivity contribution in [1.82, 2.24) is 0 Å². The van der Waals surface area contributed by atoms with Crippen molar-refractivity contribution in [3.8, 4) is 11.5 Å². The maximum absolute atomic E-state index is 12.2. The third-order valence-electron chi connectivity index (χ3n) is 4.18. The van der Waals surface area contributed by atoms with Crippen molar-refractivity contribution < 1.29 is 14.3 Å². The predicted molar refractivity (Wildman–Crippen MR) is 128 cm³/mol. The fourth-order valence-corrected chi connectivity index (χ4v) is 3.74. The zero-order valence-electron chi connectivity index (χ0n) is 16.3. The molecule has 0 spiro atoms. The van der Waals surface area contributed by atoms with E-state index >= 15 is 0 Å². The number of carbonyl (C=O) groups excluding carboxylic acids is 1. The van der Waals surface area contributed by atoms with Crippen LogP contribution in [0, 0.1) is 0 Å².